The number of benzene rings is 1. The lowest BCUT2D eigenvalue weighted by Gasteiger charge is -2.26. The summed E-state index contributed by atoms with van der Waals surface area (Å²) in [6, 6.07) is 7.74. The summed E-state index contributed by atoms with van der Waals surface area (Å²) in [5, 5.41) is 0. The van der Waals surface area contributed by atoms with Gasteiger partial charge in [0.15, 0.2) is 10.6 Å². The Morgan fingerprint density at radius 3 is 2.56 bits per heavy atom. The highest BCUT2D eigenvalue weighted by molar-refractivity contribution is 7.11. The molecule has 1 aromatic heterocycles. The predicted octanol–water partition coefficient (Wildman–Crippen LogP) is 3.02. The summed E-state index contributed by atoms with van der Waals surface area (Å²) in [5.74, 6) is 0.925. The number of ketones is 1. The van der Waals surface area contributed by atoms with Gasteiger partial charge >= 0.3 is 0 Å². The van der Waals surface area contributed by atoms with Crippen molar-refractivity contribution in [3.05, 3.63) is 39.6 Å². The van der Waals surface area contributed by atoms with E-state index in [2.05, 4.69) is 9.47 Å². The fourth-order valence-corrected chi connectivity index (χ4v) is 4.19. The summed E-state index contributed by atoms with van der Waals surface area (Å²) in [4.78, 5) is 20.8. The number of hydrogen-bond donors (Lipinski definition) is 0. The summed E-state index contributed by atoms with van der Waals surface area (Å²) in [7, 11) is 0. The van der Waals surface area contributed by atoms with Crippen LogP contribution in [0.25, 0.3) is 0 Å². The zero-order valence-corrected chi connectivity index (χ0v) is 17.1. The predicted molar refractivity (Wildman–Crippen MR) is 107 cm³/mol. The molecule has 2 aromatic rings. The van der Waals surface area contributed by atoms with Crippen molar-refractivity contribution in [2.24, 2.45) is 4.99 Å². The third-order valence-corrected chi connectivity index (χ3v) is 5.87. The van der Waals surface area contributed by atoms with E-state index in [4.69, 9.17) is 14.5 Å². The van der Waals surface area contributed by atoms with Crippen LogP contribution in [0.1, 0.15) is 29.2 Å². The molecule has 0 spiro atoms. The first-order valence-electron chi connectivity index (χ1n) is 9.37. The lowest BCUT2D eigenvalue weighted by molar-refractivity contribution is 0.0362. The Balaban J connectivity index is 1.87. The SMILES string of the molecule is CCOc1ccc(N=c2sc(C(C)=O)c(C)n2CCN2CCOCC2)cc1. The molecule has 6 nitrogen and oxygen atoms in total. The van der Waals surface area contributed by atoms with Gasteiger partial charge in [-0.1, -0.05) is 11.3 Å². The molecule has 0 bridgehead atoms. The van der Waals surface area contributed by atoms with Crippen molar-refractivity contribution in [3.63, 3.8) is 0 Å². The standard InChI is InChI=1S/C20H27N3O3S/c1-4-26-18-7-5-17(6-8-18)21-20-23(15(2)19(27-20)16(3)24)10-9-22-11-13-25-14-12-22/h5-8H,4,9-14H2,1-3H3. The van der Waals surface area contributed by atoms with Crippen LogP contribution in [0.15, 0.2) is 29.3 Å². The molecule has 0 unspecified atom stereocenters. The number of morpholine rings is 1. The monoisotopic (exact) mass is 389 g/mol. The molecular weight excluding hydrogens is 362 g/mol. The van der Waals surface area contributed by atoms with E-state index in [1.54, 1.807) is 6.92 Å². The van der Waals surface area contributed by atoms with Crippen LogP contribution in [0.4, 0.5) is 5.69 Å². The van der Waals surface area contributed by atoms with Crippen molar-refractivity contribution in [1.82, 2.24) is 9.47 Å². The number of Topliss-reactive ketones (excluding diaryl/α,β-unsaturated/α-hetero) is 1. The zero-order chi connectivity index (χ0) is 19.2. The third-order valence-electron chi connectivity index (χ3n) is 4.59. The average molecular weight is 390 g/mol. The van der Waals surface area contributed by atoms with Gasteiger partial charge in [0.25, 0.3) is 0 Å². The molecule has 1 aromatic carbocycles. The van der Waals surface area contributed by atoms with Gasteiger partial charge in [0.05, 0.1) is 30.4 Å². The molecule has 1 aliphatic rings. The van der Waals surface area contributed by atoms with E-state index in [9.17, 15) is 4.79 Å². The van der Waals surface area contributed by atoms with Crippen LogP contribution in [0.3, 0.4) is 0 Å². The fourth-order valence-electron chi connectivity index (χ4n) is 3.12. The first-order chi connectivity index (χ1) is 13.1. The summed E-state index contributed by atoms with van der Waals surface area (Å²) in [6.45, 7) is 11.4. The summed E-state index contributed by atoms with van der Waals surface area (Å²) in [5.41, 5.74) is 1.85. The molecule has 0 N–H and O–H groups in total. The summed E-state index contributed by atoms with van der Waals surface area (Å²) < 4.78 is 13.1. The molecule has 1 saturated heterocycles. The Labute approximate surface area is 164 Å². The number of rotatable bonds is 7. The molecule has 0 saturated carbocycles. The van der Waals surface area contributed by atoms with Gasteiger partial charge in [-0.05, 0) is 38.1 Å². The van der Waals surface area contributed by atoms with Crippen molar-refractivity contribution in [1.29, 1.82) is 0 Å². The van der Waals surface area contributed by atoms with Crippen LogP contribution in [-0.4, -0.2) is 54.7 Å². The number of aromatic nitrogens is 1. The number of thiazole rings is 1. The number of ether oxygens (including phenoxy) is 2. The van der Waals surface area contributed by atoms with Crippen LogP contribution >= 0.6 is 11.3 Å². The Morgan fingerprint density at radius 1 is 1.22 bits per heavy atom. The smallest absolute Gasteiger partial charge is 0.190 e. The maximum atomic E-state index is 12.0. The first kappa shape index (κ1) is 19.8. The van der Waals surface area contributed by atoms with Gasteiger partial charge in [0.2, 0.25) is 0 Å². The van der Waals surface area contributed by atoms with Crippen molar-refractivity contribution in [2.45, 2.75) is 27.3 Å². The first-order valence-corrected chi connectivity index (χ1v) is 10.2. The van der Waals surface area contributed by atoms with E-state index in [1.165, 1.54) is 11.3 Å². The second kappa shape index (κ2) is 9.30. The lowest BCUT2D eigenvalue weighted by Crippen LogP contribution is -2.39. The maximum Gasteiger partial charge on any atom is 0.190 e. The molecule has 3 rings (SSSR count). The second-order valence-electron chi connectivity index (χ2n) is 6.50. The highest BCUT2D eigenvalue weighted by Gasteiger charge is 2.15. The van der Waals surface area contributed by atoms with E-state index >= 15 is 0 Å². The second-order valence-corrected chi connectivity index (χ2v) is 7.48. The summed E-state index contributed by atoms with van der Waals surface area (Å²) in [6.07, 6.45) is 0. The van der Waals surface area contributed by atoms with Crippen molar-refractivity contribution < 1.29 is 14.3 Å². The van der Waals surface area contributed by atoms with E-state index in [0.29, 0.717) is 6.61 Å². The van der Waals surface area contributed by atoms with Gasteiger partial charge in [0, 0.05) is 38.8 Å². The van der Waals surface area contributed by atoms with Crippen molar-refractivity contribution >= 4 is 22.8 Å². The summed E-state index contributed by atoms with van der Waals surface area (Å²) >= 11 is 1.46. The van der Waals surface area contributed by atoms with E-state index in [0.717, 1.165) is 66.2 Å². The molecule has 0 amide bonds. The molecular formula is C20H27N3O3S. The van der Waals surface area contributed by atoms with Crippen LogP contribution in [-0.2, 0) is 11.3 Å². The molecule has 0 radical (unpaired) electrons. The minimum atomic E-state index is 0.0887. The largest absolute Gasteiger partial charge is 0.494 e. The molecule has 1 aliphatic heterocycles. The van der Waals surface area contributed by atoms with E-state index < -0.39 is 0 Å². The van der Waals surface area contributed by atoms with Crippen molar-refractivity contribution in [2.75, 3.05) is 39.5 Å². The Hall–Kier alpha value is -1.96. The molecule has 146 valence electrons. The van der Waals surface area contributed by atoms with Crippen LogP contribution in [0.5, 0.6) is 5.75 Å². The fraction of sp³-hybridized carbons (Fsp3) is 0.500. The van der Waals surface area contributed by atoms with Crippen LogP contribution in [0.2, 0.25) is 0 Å². The minimum Gasteiger partial charge on any atom is -0.494 e. The third kappa shape index (κ3) is 5.06. The van der Waals surface area contributed by atoms with Crippen molar-refractivity contribution in [3.8, 4) is 5.75 Å². The maximum absolute atomic E-state index is 12.0. The Bertz CT molecular complexity index is 833. The van der Waals surface area contributed by atoms with Gasteiger partial charge in [-0.15, -0.1) is 0 Å². The van der Waals surface area contributed by atoms with Crippen LogP contribution in [0, 0.1) is 6.92 Å². The quantitative estimate of drug-likeness (QED) is 0.683. The molecule has 1 fully saturated rings. The molecule has 0 aliphatic carbocycles. The Kier molecular flexibility index (Phi) is 6.82. The number of hydrogen-bond acceptors (Lipinski definition) is 6. The Morgan fingerprint density at radius 2 is 1.93 bits per heavy atom. The molecule has 27 heavy (non-hydrogen) atoms. The average Bonchev–Trinajstić information content (AvgIpc) is 2.98. The highest BCUT2D eigenvalue weighted by atomic mass is 32.1. The zero-order valence-electron chi connectivity index (χ0n) is 16.2. The van der Waals surface area contributed by atoms with E-state index in [1.807, 2.05) is 38.1 Å². The van der Waals surface area contributed by atoms with Gasteiger partial charge < -0.3 is 14.0 Å². The number of carbonyl (C=O) groups excluding carboxylic acids is 1. The normalized spacial score (nSPS) is 15.9. The van der Waals surface area contributed by atoms with Gasteiger partial charge in [-0.3, -0.25) is 9.69 Å². The number of carbonyl (C=O) groups is 1. The van der Waals surface area contributed by atoms with Gasteiger partial charge in [0.1, 0.15) is 5.75 Å². The number of nitrogens with zero attached hydrogens (tertiary/aromatic N) is 3. The molecule has 0 atom stereocenters. The minimum absolute atomic E-state index is 0.0887. The van der Waals surface area contributed by atoms with Gasteiger partial charge in [-0.2, -0.15) is 0 Å². The van der Waals surface area contributed by atoms with Crippen LogP contribution < -0.4 is 9.54 Å². The highest BCUT2D eigenvalue weighted by Crippen LogP contribution is 2.19. The topological polar surface area (TPSA) is 56.1 Å². The molecule has 7 heteroatoms. The van der Waals surface area contributed by atoms with E-state index in [-0.39, 0.29) is 5.78 Å². The van der Waals surface area contributed by atoms with Gasteiger partial charge in [-0.25, -0.2) is 4.99 Å². The lowest BCUT2D eigenvalue weighted by atomic mass is 10.3. The molecule has 2 heterocycles.